The highest BCUT2D eigenvalue weighted by Crippen LogP contribution is 1.98. The van der Waals surface area contributed by atoms with Gasteiger partial charge in [-0.05, 0) is 13.1 Å². The molecule has 0 amide bonds. The van der Waals surface area contributed by atoms with Gasteiger partial charge in [0.05, 0.1) is 0 Å². The molecule has 0 aliphatic heterocycles. The molecule has 0 fully saturated rings. The largest absolute Gasteiger partial charge is 0.304 e. The fourth-order valence-corrected chi connectivity index (χ4v) is 2.42. The van der Waals surface area contributed by atoms with E-state index >= 15 is 0 Å². The van der Waals surface area contributed by atoms with Crippen molar-refractivity contribution < 1.29 is 0 Å². The Morgan fingerprint density at radius 3 is 1.78 bits per heavy atom. The SMILES string of the molecule is CCN(CC)C[Si](Cl)Cl. The summed E-state index contributed by atoms with van der Waals surface area (Å²) >= 11 is 11.3. The molecule has 0 aromatic heterocycles. The molecular weight excluding hydrogens is 173 g/mol. The van der Waals surface area contributed by atoms with Gasteiger partial charge in [-0.1, -0.05) is 13.8 Å². The van der Waals surface area contributed by atoms with Crippen LogP contribution < -0.4 is 0 Å². The molecule has 0 heterocycles. The Morgan fingerprint density at radius 1 is 1.22 bits per heavy atom. The van der Waals surface area contributed by atoms with Crippen molar-refractivity contribution in [1.29, 1.82) is 0 Å². The minimum Gasteiger partial charge on any atom is -0.304 e. The minimum absolute atomic E-state index is 0.876. The molecule has 0 bridgehead atoms. The van der Waals surface area contributed by atoms with Crippen LogP contribution in [0.2, 0.25) is 0 Å². The van der Waals surface area contributed by atoms with Crippen LogP contribution in [0, 0.1) is 0 Å². The van der Waals surface area contributed by atoms with E-state index in [9.17, 15) is 0 Å². The quantitative estimate of drug-likeness (QED) is 0.477. The first kappa shape index (κ1) is 9.76. The van der Waals surface area contributed by atoms with E-state index in [1.807, 2.05) is 0 Å². The molecule has 0 aliphatic carbocycles. The van der Waals surface area contributed by atoms with Crippen LogP contribution >= 0.6 is 22.2 Å². The predicted octanol–water partition coefficient (Wildman–Crippen LogP) is 1.83. The molecule has 1 radical (unpaired) electrons. The van der Waals surface area contributed by atoms with E-state index in [1.165, 1.54) is 0 Å². The van der Waals surface area contributed by atoms with Gasteiger partial charge in [-0.25, -0.2) is 0 Å². The summed E-state index contributed by atoms with van der Waals surface area (Å²) in [6.45, 7) is 6.32. The molecule has 0 aliphatic rings. The lowest BCUT2D eigenvalue weighted by atomic mass is 10.6. The highest BCUT2D eigenvalue weighted by Gasteiger charge is 2.07. The summed E-state index contributed by atoms with van der Waals surface area (Å²) in [6.07, 6.45) is 0.876. The Kier molecular flexibility index (Phi) is 6.00. The average molecular weight is 185 g/mol. The van der Waals surface area contributed by atoms with Gasteiger partial charge in [-0.3, -0.25) is 0 Å². The maximum atomic E-state index is 5.66. The summed E-state index contributed by atoms with van der Waals surface area (Å²) in [5.74, 6) is 0. The van der Waals surface area contributed by atoms with Gasteiger partial charge in [-0.15, -0.1) is 22.2 Å². The zero-order valence-electron chi connectivity index (χ0n) is 5.82. The van der Waals surface area contributed by atoms with Crippen LogP contribution in [0.25, 0.3) is 0 Å². The van der Waals surface area contributed by atoms with Gasteiger partial charge in [0, 0.05) is 6.17 Å². The van der Waals surface area contributed by atoms with E-state index in [0.29, 0.717) is 0 Å². The van der Waals surface area contributed by atoms with Crippen molar-refractivity contribution in [3.05, 3.63) is 0 Å². The molecule has 0 aromatic carbocycles. The van der Waals surface area contributed by atoms with Crippen LogP contribution in [0.3, 0.4) is 0 Å². The molecule has 0 unspecified atom stereocenters. The Labute approximate surface area is 68.0 Å². The lowest BCUT2D eigenvalue weighted by molar-refractivity contribution is 0.353. The van der Waals surface area contributed by atoms with Crippen molar-refractivity contribution >= 4 is 29.6 Å². The van der Waals surface area contributed by atoms with Crippen LogP contribution in [0.4, 0.5) is 0 Å². The third-order valence-electron chi connectivity index (χ3n) is 1.24. The summed E-state index contributed by atoms with van der Waals surface area (Å²) in [5, 5.41) is 0. The molecule has 4 heteroatoms. The van der Waals surface area contributed by atoms with Crippen molar-refractivity contribution in [3.8, 4) is 0 Å². The lowest BCUT2D eigenvalue weighted by Crippen LogP contribution is -2.29. The molecular formula is C5H12Cl2NSi. The fraction of sp³-hybridized carbons (Fsp3) is 1.00. The monoisotopic (exact) mass is 184 g/mol. The van der Waals surface area contributed by atoms with E-state index in [-0.39, 0.29) is 0 Å². The first-order chi connectivity index (χ1) is 4.20. The molecule has 0 rings (SSSR count). The predicted molar refractivity (Wildman–Crippen MR) is 45.2 cm³/mol. The fourth-order valence-electron chi connectivity index (χ4n) is 0.616. The summed E-state index contributed by atoms with van der Waals surface area (Å²) < 4.78 is 0. The molecule has 0 saturated carbocycles. The topological polar surface area (TPSA) is 3.24 Å². The summed E-state index contributed by atoms with van der Waals surface area (Å²) in [7, 11) is -1.09. The van der Waals surface area contributed by atoms with Crippen LogP contribution in [0.1, 0.15) is 13.8 Å². The highest BCUT2D eigenvalue weighted by molar-refractivity contribution is 7.33. The van der Waals surface area contributed by atoms with Gasteiger partial charge in [0.15, 0.2) is 0 Å². The number of nitrogens with zero attached hydrogens (tertiary/aromatic N) is 1. The molecule has 1 nitrogen and oxygen atoms in total. The first-order valence-corrected chi connectivity index (χ1v) is 6.83. The third-order valence-corrected chi connectivity index (χ3v) is 2.64. The number of halogens is 2. The van der Waals surface area contributed by atoms with Crippen molar-refractivity contribution in [3.63, 3.8) is 0 Å². The van der Waals surface area contributed by atoms with E-state index in [1.54, 1.807) is 0 Å². The maximum Gasteiger partial charge on any atom is 0.288 e. The molecule has 0 spiro atoms. The van der Waals surface area contributed by atoms with Gasteiger partial charge in [0.2, 0.25) is 0 Å². The van der Waals surface area contributed by atoms with Crippen LogP contribution in [0.15, 0.2) is 0 Å². The maximum absolute atomic E-state index is 5.66. The van der Waals surface area contributed by atoms with Gasteiger partial charge in [-0.2, -0.15) is 0 Å². The summed E-state index contributed by atoms with van der Waals surface area (Å²) in [6, 6.07) is 0. The van der Waals surface area contributed by atoms with Crippen molar-refractivity contribution in [2.24, 2.45) is 0 Å². The zero-order chi connectivity index (χ0) is 7.28. The van der Waals surface area contributed by atoms with Gasteiger partial charge >= 0.3 is 0 Å². The van der Waals surface area contributed by atoms with Crippen LogP contribution in [-0.2, 0) is 0 Å². The Balaban J connectivity index is 3.31. The van der Waals surface area contributed by atoms with Crippen molar-refractivity contribution in [2.75, 3.05) is 19.3 Å². The molecule has 9 heavy (non-hydrogen) atoms. The second kappa shape index (κ2) is 5.53. The standard InChI is InChI=1S/C5H12Cl2NSi/c1-3-8(4-2)5-9(6)7/h3-5H2,1-2H3. The second-order valence-electron chi connectivity index (χ2n) is 1.80. The van der Waals surface area contributed by atoms with Gasteiger partial charge in [0.1, 0.15) is 0 Å². The van der Waals surface area contributed by atoms with Gasteiger partial charge in [0.25, 0.3) is 7.42 Å². The minimum atomic E-state index is -1.09. The Hall–Kier alpha value is 0.757. The van der Waals surface area contributed by atoms with Crippen molar-refractivity contribution in [2.45, 2.75) is 13.8 Å². The third kappa shape index (κ3) is 5.21. The van der Waals surface area contributed by atoms with E-state index < -0.39 is 7.42 Å². The second-order valence-corrected chi connectivity index (χ2v) is 6.11. The number of hydrogen-bond acceptors (Lipinski definition) is 1. The summed E-state index contributed by atoms with van der Waals surface area (Å²) in [5.41, 5.74) is 0. The average Bonchev–Trinajstić information content (AvgIpc) is 1.82. The lowest BCUT2D eigenvalue weighted by Gasteiger charge is -2.16. The van der Waals surface area contributed by atoms with E-state index in [0.717, 1.165) is 19.3 Å². The Morgan fingerprint density at radius 2 is 1.67 bits per heavy atom. The number of rotatable bonds is 4. The molecule has 0 atom stereocenters. The van der Waals surface area contributed by atoms with Gasteiger partial charge < -0.3 is 4.90 Å². The van der Waals surface area contributed by atoms with E-state index in [2.05, 4.69) is 18.7 Å². The number of hydrogen-bond donors (Lipinski definition) is 0. The van der Waals surface area contributed by atoms with E-state index in [4.69, 9.17) is 22.2 Å². The highest BCUT2D eigenvalue weighted by atomic mass is 35.7. The van der Waals surface area contributed by atoms with Crippen LogP contribution in [0.5, 0.6) is 0 Å². The molecule has 0 saturated heterocycles. The Bertz CT molecular complexity index is 66.0. The molecule has 0 N–H and O–H groups in total. The molecule has 55 valence electrons. The zero-order valence-corrected chi connectivity index (χ0v) is 8.34. The normalized spacial score (nSPS) is 11.3. The smallest absolute Gasteiger partial charge is 0.288 e. The van der Waals surface area contributed by atoms with Crippen LogP contribution in [-0.4, -0.2) is 31.6 Å². The van der Waals surface area contributed by atoms with Crippen molar-refractivity contribution in [1.82, 2.24) is 4.90 Å². The molecule has 0 aromatic rings. The summed E-state index contributed by atoms with van der Waals surface area (Å²) in [4.78, 5) is 2.23. The first-order valence-electron chi connectivity index (χ1n) is 3.09.